The van der Waals surface area contributed by atoms with E-state index in [1.54, 1.807) is 6.20 Å². The molecule has 0 aliphatic carbocycles. The predicted molar refractivity (Wildman–Crippen MR) is 75.8 cm³/mol. The van der Waals surface area contributed by atoms with E-state index in [-0.39, 0.29) is 5.41 Å². The van der Waals surface area contributed by atoms with E-state index in [9.17, 15) is 0 Å². The molecule has 4 heteroatoms. The van der Waals surface area contributed by atoms with Crippen LogP contribution in [0.25, 0.3) is 0 Å². The van der Waals surface area contributed by atoms with Gasteiger partial charge in [-0.1, -0.05) is 32.1 Å². The minimum atomic E-state index is -0.0709. The highest BCUT2D eigenvalue weighted by Gasteiger charge is 2.21. The molecule has 0 aromatic carbocycles. The molecule has 0 aliphatic rings. The Kier molecular flexibility index (Phi) is 5.02. The van der Waals surface area contributed by atoms with E-state index < -0.39 is 0 Å². The molecule has 0 unspecified atom stereocenters. The van der Waals surface area contributed by atoms with Gasteiger partial charge in [-0.3, -0.25) is 4.98 Å². The zero-order valence-corrected chi connectivity index (χ0v) is 11.6. The Balaban J connectivity index is 2.41. The lowest BCUT2D eigenvalue weighted by molar-refractivity contribution is 0.285. The number of hydrogen-bond acceptors (Lipinski definition) is 3. The number of nitrogens with zero attached hydrogens (tertiary/aromatic N) is 2. The van der Waals surface area contributed by atoms with Gasteiger partial charge in [-0.05, 0) is 31.6 Å². The third-order valence-corrected chi connectivity index (χ3v) is 3.51. The minimum Gasteiger partial charge on any atom is -0.393 e. The van der Waals surface area contributed by atoms with Gasteiger partial charge in [0.2, 0.25) is 0 Å². The lowest BCUT2D eigenvalue weighted by Crippen LogP contribution is -2.33. The van der Waals surface area contributed by atoms with Crippen LogP contribution in [0.2, 0.25) is 0 Å². The lowest BCUT2D eigenvalue weighted by atomic mass is 9.89. The Morgan fingerprint density at radius 1 is 1.53 bits per heavy atom. The van der Waals surface area contributed by atoms with Crippen LogP contribution < -0.4 is 5.73 Å². The lowest BCUT2D eigenvalue weighted by Gasteiger charge is -2.26. The van der Waals surface area contributed by atoms with Gasteiger partial charge in [0.15, 0.2) is 0 Å². The van der Waals surface area contributed by atoms with Crippen molar-refractivity contribution in [3.63, 3.8) is 0 Å². The fourth-order valence-electron chi connectivity index (χ4n) is 1.48. The van der Waals surface area contributed by atoms with Crippen molar-refractivity contribution in [1.29, 1.82) is 0 Å². The monoisotopic (exact) mass is 251 g/mol. The van der Waals surface area contributed by atoms with Crippen molar-refractivity contribution in [2.24, 2.45) is 11.1 Å². The van der Waals surface area contributed by atoms with Gasteiger partial charge in [0.05, 0.1) is 4.99 Å². The molecule has 0 fully saturated rings. The van der Waals surface area contributed by atoms with Gasteiger partial charge in [0.1, 0.15) is 0 Å². The van der Waals surface area contributed by atoms with Gasteiger partial charge < -0.3 is 10.6 Å². The highest BCUT2D eigenvalue weighted by molar-refractivity contribution is 7.80. The van der Waals surface area contributed by atoms with Gasteiger partial charge in [-0.15, -0.1) is 0 Å². The maximum absolute atomic E-state index is 5.71. The van der Waals surface area contributed by atoms with Crippen LogP contribution in [0.15, 0.2) is 24.5 Å². The normalized spacial score (nSPS) is 11.8. The minimum absolute atomic E-state index is 0.0709. The van der Waals surface area contributed by atoms with E-state index in [0.29, 0.717) is 4.99 Å². The van der Waals surface area contributed by atoms with Crippen LogP contribution in [0.5, 0.6) is 0 Å². The molecule has 2 N–H and O–H groups in total. The quantitative estimate of drug-likeness (QED) is 0.787. The molecule has 0 amide bonds. The molecule has 1 heterocycles. The highest BCUT2D eigenvalue weighted by atomic mass is 32.1. The van der Waals surface area contributed by atoms with Crippen LogP contribution >= 0.6 is 12.2 Å². The number of nitrogens with two attached hydrogens (primary N) is 1. The first kappa shape index (κ1) is 14.1. The first-order valence-electron chi connectivity index (χ1n) is 5.79. The molecule has 1 rings (SSSR count). The second kappa shape index (κ2) is 6.07. The van der Waals surface area contributed by atoms with E-state index in [2.05, 4.69) is 36.8 Å². The number of aromatic nitrogens is 1. The van der Waals surface area contributed by atoms with Crippen LogP contribution in [-0.2, 0) is 6.54 Å². The summed E-state index contributed by atoms with van der Waals surface area (Å²) < 4.78 is 0. The summed E-state index contributed by atoms with van der Waals surface area (Å²) in [7, 11) is 2.10. The fraction of sp³-hybridized carbons (Fsp3) is 0.538. The zero-order valence-electron chi connectivity index (χ0n) is 10.8. The van der Waals surface area contributed by atoms with Crippen LogP contribution in [-0.4, -0.2) is 28.5 Å². The molecular weight excluding hydrogens is 230 g/mol. The van der Waals surface area contributed by atoms with Crippen LogP contribution in [0, 0.1) is 5.41 Å². The van der Waals surface area contributed by atoms with Gasteiger partial charge in [-0.2, -0.15) is 0 Å². The number of hydrogen-bond donors (Lipinski definition) is 1. The Labute approximate surface area is 109 Å². The highest BCUT2D eigenvalue weighted by Crippen LogP contribution is 2.21. The average molecular weight is 251 g/mol. The Morgan fingerprint density at radius 3 is 2.76 bits per heavy atom. The molecule has 1 aromatic heterocycles. The molecule has 0 radical (unpaired) electrons. The van der Waals surface area contributed by atoms with Gasteiger partial charge in [0, 0.05) is 24.4 Å². The summed E-state index contributed by atoms with van der Waals surface area (Å²) in [6.45, 7) is 6.06. The summed E-state index contributed by atoms with van der Waals surface area (Å²) in [6, 6.07) is 4.05. The Hall–Kier alpha value is -1.00. The van der Waals surface area contributed by atoms with Crippen molar-refractivity contribution in [3.8, 4) is 0 Å². The second-order valence-corrected chi connectivity index (χ2v) is 5.54. The summed E-state index contributed by atoms with van der Waals surface area (Å²) in [5.74, 6) is 0. The predicted octanol–water partition coefficient (Wildman–Crippen LogP) is 2.22. The van der Waals surface area contributed by atoms with Crippen molar-refractivity contribution < 1.29 is 0 Å². The maximum Gasteiger partial charge on any atom is 0.0784 e. The molecular formula is C13H21N3S. The van der Waals surface area contributed by atoms with Gasteiger partial charge in [-0.25, -0.2) is 0 Å². The fourth-order valence-corrected chi connectivity index (χ4v) is 1.58. The summed E-state index contributed by atoms with van der Waals surface area (Å²) >= 11 is 5.06. The smallest absolute Gasteiger partial charge is 0.0784 e. The molecule has 3 nitrogen and oxygen atoms in total. The molecule has 1 aromatic rings. The molecule has 0 bridgehead atoms. The number of thiocarbonyl (C=S) groups is 1. The molecule has 0 saturated carbocycles. The topological polar surface area (TPSA) is 42.1 Å². The van der Waals surface area contributed by atoms with E-state index in [1.807, 2.05) is 12.3 Å². The molecule has 0 saturated heterocycles. The van der Waals surface area contributed by atoms with E-state index in [4.69, 9.17) is 18.0 Å². The van der Waals surface area contributed by atoms with Crippen molar-refractivity contribution >= 4 is 17.2 Å². The largest absolute Gasteiger partial charge is 0.393 e. The van der Waals surface area contributed by atoms with Crippen molar-refractivity contribution in [1.82, 2.24) is 9.88 Å². The first-order chi connectivity index (χ1) is 7.92. The van der Waals surface area contributed by atoms with Crippen LogP contribution in [0.1, 0.15) is 25.8 Å². The number of pyridine rings is 1. The van der Waals surface area contributed by atoms with E-state index in [0.717, 1.165) is 19.5 Å². The number of rotatable bonds is 6. The SMILES string of the molecule is CN(CCC(C)(C)C(N)=S)Cc1cccnc1. The summed E-state index contributed by atoms with van der Waals surface area (Å²) in [5, 5.41) is 0. The van der Waals surface area contributed by atoms with Crippen molar-refractivity contribution in [2.45, 2.75) is 26.8 Å². The first-order valence-corrected chi connectivity index (χ1v) is 6.20. The second-order valence-electron chi connectivity index (χ2n) is 5.10. The third-order valence-electron chi connectivity index (χ3n) is 2.96. The standard InChI is InChI=1S/C13H21N3S/c1-13(2,12(14)17)6-8-16(3)10-11-5-4-7-15-9-11/h4-5,7,9H,6,8,10H2,1-3H3,(H2,14,17). The van der Waals surface area contributed by atoms with Crippen LogP contribution in [0.3, 0.4) is 0 Å². The summed E-state index contributed by atoms with van der Waals surface area (Å²) in [4.78, 5) is 6.96. The Morgan fingerprint density at radius 2 is 2.24 bits per heavy atom. The molecule has 0 spiro atoms. The maximum atomic E-state index is 5.71. The summed E-state index contributed by atoms with van der Waals surface area (Å²) in [6.07, 6.45) is 4.66. The van der Waals surface area contributed by atoms with E-state index >= 15 is 0 Å². The Bertz CT molecular complexity index is 362. The summed E-state index contributed by atoms with van der Waals surface area (Å²) in [5.41, 5.74) is 6.87. The van der Waals surface area contributed by atoms with Gasteiger partial charge >= 0.3 is 0 Å². The molecule has 17 heavy (non-hydrogen) atoms. The zero-order chi connectivity index (χ0) is 12.9. The van der Waals surface area contributed by atoms with Crippen molar-refractivity contribution in [3.05, 3.63) is 30.1 Å². The van der Waals surface area contributed by atoms with Crippen molar-refractivity contribution in [2.75, 3.05) is 13.6 Å². The molecule has 0 atom stereocenters. The van der Waals surface area contributed by atoms with E-state index in [1.165, 1.54) is 5.56 Å². The third kappa shape index (κ3) is 4.79. The molecule has 94 valence electrons. The van der Waals surface area contributed by atoms with Gasteiger partial charge in [0.25, 0.3) is 0 Å². The average Bonchev–Trinajstić information content (AvgIpc) is 2.28. The molecule has 0 aliphatic heterocycles. The van der Waals surface area contributed by atoms with Crippen LogP contribution in [0.4, 0.5) is 0 Å².